The van der Waals surface area contributed by atoms with Crippen LogP contribution in [0.3, 0.4) is 0 Å². The summed E-state index contributed by atoms with van der Waals surface area (Å²) in [5.74, 6) is 1.34. The highest BCUT2D eigenvalue weighted by molar-refractivity contribution is 4.57. The van der Waals surface area contributed by atoms with Gasteiger partial charge in [0, 0.05) is 6.61 Å². The molecular weight excluding hydrogens is 200 g/mol. The van der Waals surface area contributed by atoms with Crippen LogP contribution >= 0.6 is 0 Å². The minimum Gasteiger partial charge on any atom is -0.381 e. The van der Waals surface area contributed by atoms with E-state index in [0.717, 1.165) is 45.2 Å². The first-order valence-electron chi connectivity index (χ1n) is 6.45. The van der Waals surface area contributed by atoms with Crippen molar-refractivity contribution >= 4 is 0 Å². The van der Waals surface area contributed by atoms with E-state index in [4.69, 9.17) is 4.74 Å². The Balaban J connectivity index is 3.20. The van der Waals surface area contributed by atoms with Gasteiger partial charge < -0.3 is 15.0 Å². The largest absolute Gasteiger partial charge is 0.381 e. The van der Waals surface area contributed by atoms with Crippen molar-refractivity contribution in [3.05, 3.63) is 0 Å². The highest BCUT2D eigenvalue weighted by atomic mass is 16.5. The van der Waals surface area contributed by atoms with Gasteiger partial charge in [-0.3, -0.25) is 0 Å². The van der Waals surface area contributed by atoms with Crippen LogP contribution in [0.5, 0.6) is 0 Å². The van der Waals surface area contributed by atoms with Gasteiger partial charge in [0.25, 0.3) is 0 Å². The minimum atomic E-state index is 0.609. The highest BCUT2D eigenvalue weighted by Gasteiger charge is 2.02. The molecule has 16 heavy (non-hydrogen) atoms. The normalized spacial score (nSPS) is 13.7. The molecule has 0 aromatic rings. The zero-order chi connectivity index (χ0) is 12.4. The summed E-state index contributed by atoms with van der Waals surface area (Å²) in [4.78, 5) is 2.19. The van der Waals surface area contributed by atoms with Gasteiger partial charge in [0.15, 0.2) is 0 Å². The summed E-state index contributed by atoms with van der Waals surface area (Å²) in [7, 11) is 4.19. The number of ether oxygens (including phenoxy) is 1. The molecule has 0 aliphatic carbocycles. The molecule has 0 saturated heterocycles. The fourth-order valence-electron chi connectivity index (χ4n) is 1.44. The van der Waals surface area contributed by atoms with Crippen molar-refractivity contribution in [1.29, 1.82) is 0 Å². The molecule has 0 amide bonds. The number of hydrogen-bond acceptors (Lipinski definition) is 3. The van der Waals surface area contributed by atoms with E-state index in [2.05, 4.69) is 45.1 Å². The Labute approximate surface area is 102 Å². The van der Waals surface area contributed by atoms with Crippen molar-refractivity contribution in [3.63, 3.8) is 0 Å². The van der Waals surface area contributed by atoms with Crippen LogP contribution < -0.4 is 5.32 Å². The Morgan fingerprint density at radius 2 is 1.81 bits per heavy atom. The van der Waals surface area contributed by atoms with Gasteiger partial charge in [0.05, 0.1) is 6.61 Å². The maximum Gasteiger partial charge on any atom is 0.0503 e. The number of rotatable bonds is 10. The van der Waals surface area contributed by atoms with Gasteiger partial charge in [-0.25, -0.2) is 0 Å². The van der Waals surface area contributed by atoms with Gasteiger partial charge in [-0.05, 0) is 52.0 Å². The monoisotopic (exact) mass is 230 g/mol. The molecule has 0 fully saturated rings. The van der Waals surface area contributed by atoms with Gasteiger partial charge >= 0.3 is 0 Å². The lowest BCUT2D eigenvalue weighted by Crippen LogP contribution is -2.27. The molecule has 0 aromatic carbocycles. The molecular formula is C13H30N2O. The lowest BCUT2D eigenvalue weighted by atomic mass is 10.2. The van der Waals surface area contributed by atoms with E-state index in [1.807, 2.05) is 0 Å². The molecule has 3 nitrogen and oxygen atoms in total. The fraction of sp³-hybridized carbons (Fsp3) is 1.00. The molecule has 0 saturated carbocycles. The van der Waals surface area contributed by atoms with Crippen LogP contribution in [0.1, 0.15) is 27.2 Å². The maximum atomic E-state index is 5.64. The molecule has 0 heterocycles. The first-order chi connectivity index (χ1) is 7.52. The fourth-order valence-corrected chi connectivity index (χ4v) is 1.44. The van der Waals surface area contributed by atoms with E-state index in [1.54, 1.807) is 0 Å². The first-order valence-corrected chi connectivity index (χ1v) is 6.45. The van der Waals surface area contributed by atoms with E-state index < -0.39 is 0 Å². The predicted molar refractivity (Wildman–Crippen MR) is 70.9 cm³/mol. The lowest BCUT2D eigenvalue weighted by molar-refractivity contribution is 0.0978. The van der Waals surface area contributed by atoms with Crippen LogP contribution in [0.4, 0.5) is 0 Å². The Hall–Kier alpha value is -0.120. The van der Waals surface area contributed by atoms with E-state index in [9.17, 15) is 0 Å². The van der Waals surface area contributed by atoms with Crippen molar-refractivity contribution in [2.75, 3.05) is 46.9 Å². The van der Waals surface area contributed by atoms with Crippen molar-refractivity contribution in [1.82, 2.24) is 10.2 Å². The number of nitrogens with one attached hydrogen (secondary N) is 1. The molecule has 1 N–H and O–H groups in total. The van der Waals surface area contributed by atoms with Gasteiger partial charge in [0.1, 0.15) is 0 Å². The van der Waals surface area contributed by atoms with Gasteiger partial charge in [-0.2, -0.15) is 0 Å². The second-order valence-electron chi connectivity index (χ2n) is 5.39. The SMILES string of the molecule is CC(C)CNCC(C)COCCCN(C)C. The summed E-state index contributed by atoms with van der Waals surface area (Å²) < 4.78 is 5.64. The van der Waals surface area contributed by atoms with Gasteiger partial charge in [-0.1, -0.05) is 20.8 Å². The number of hydrogen-bond donors (Lipinski definition) is 1. The molecule has 1 unspecified atom stereocenters. The quantitative estimate of drug-likeness (QED) is 0.580. The summed E-state index contributed by atoms with van der Waals surface area (Å²) in [6.07, 6.45) is 1.12. The Kier molecular flexibility index (Phi) is 9.99. The minimum absolute atomic E-state index is 0.609. The van der Waals surface area contributed by atoms with E-state index >= 15 is 0 Å². The number of nitrogens with zero attached hydrogens (tertiary/aromatic N) is 1. The zero-order valence-corrected chi connectivity index (χ0v) is 11.8. The van der Waals surface area contributed by atoms with Crippen molar-refractivity contribution in [2.45, 2.75) is 27.2 Å². The van der Waals surface area contributed by atoms with Gasteiger partial charge in [0.2, 0.25) is 0 Å². The van der Waals surface area contributed by atoms with Crippen molar-refractivity contribution in [3.8, 4) is 0 Å². The van der Waals surface area contributed by atoms with Crippen LogP contribution in [0.2, 0.25) is 0 Å². The first kappa shape index (κ1) is 15.9. The molecule has 0 rings (SSSR count). The third-order valence-electron chi connectivity index (χ3n) is 2.34. The van der Waals surface area contributed by atoms with E-state index in [1.165, 1.54) is 0 Å². The average molecular weight is 230 g/mol. The van der Waals surface area contributed by atoms with Crippen molar-refractivity contribution < 1.29 is 4.74 Å². The molecule has 0 aromatic heterocycles. The second kappa shape index (κ2) is 10.1. The highest BCUT2D eigenvalue weighted by Crippen LogP contribution is 1.96. The molecule has 98 valence electrons. The summed E-state index contributed by atoms with van der Waals surface area (Å²) >= 11 is 0. The summed E-state index contributed by atoms with van der Waals surface area (Å²) in [5, 5.41) is 3.46. The Bertz CT molecular complexity index is 149. The van der Waals surface area contributed by atoms with E-state index in [0.29, 0.717) is 5.92 Å². The lowest BCUT2D eigenvalue weighted by Gasteiger charge is -2.15. The van der Waals surface area contributed by atoms with Crippen LogP contribution in [0, 0.1) is 11.8 Å². The maximum absolute atomic E-state index is 5.64. The van der Waals surface area contributed by atoms with Gasteiger partial charge in [-0.15, -0.1) is 0 Å². The van der Waals surface area contributed by atoms with Crippen LogP contribution in [0.25, 0.3) is 0 Å². The molecule has 1 atom stereocenters. The van der Waals surface area contributed by atoms with E-state index in [-0.39, 0.29) is 0 Å². The second-order valence-corrected chi connectivity index (χ2v) is 5.39. The smallest absolute Gasteiger partial charge is 0.0503 e. The predicted octanol–water partition coefficient (Wildman–Crippen LogP) is 1.84. The topological polar surface area (TPSA) is 24.5 Å². The third-order valence-corrected chi connectivity index (χ3v) is 2.34. The third kappa shape index (κ3) is 12.0. The Morgan fingerprint density at radius 3 is 2.38 bits per heavy atom. The molecule has 0 aliphatic heterocycles. The summed E-state index contributed by atoms with van der Waals surface area (Å²) in [5.41, 5.74) is 0. The molecule has 0 spiro atoms. The molecule has 0 aliphatic rings. The molecule has 3 heteroatoms. The molecule has 0 radical (unpaired) electrons. The standard InChI is InChI=1S/C13H30N2O/c1-12(2)9-14-10-13(3)11-16-8-6-7-15(4)5/h12-14H,6-11H2,1-5H3. The van der Waals surface area contributed by atoms with Crippen LogP contribution in [-0.2, 0) is 4.74 Å². The van der Waals surface area contributed by atoms with Crippen LogP contribution in [0.15, 0.2) is 0 Å². The van der Waals surface area contributed by atoms with Crippen LogP contribution in [-0.4, -0.2) is 51.8 Å². The Morgan fingerprint density at radius 1 is 1.12 bits per heavy atom. The zero-order valence-electron chi connectivity index (χ0n) is 11.8. The summed E-state index contributed by atoms with van der Waals surface area (Å²) in [6, 6.07) is 0. The average Bonchev–Trinajstić information content (AvgIpc) is 2.16. The van der Waals surface area contributed by atoms with Crippen molar-refractivity contribution in [2.24, 2.45) is 11.8 Å². The molecule has 0 bridgehead atoms. The summed E-state index contributed by atoms with van der Waals surface area (Å²) in [6.45, 7) is 11.7.